The molecule has 182 valence electrons. The van der Waals surface area contributed by atoms with Crippen LogP contribution >= 0.6 is 12.4 Å². The first-order chi connectivity index (χ1) is 16.6. The molecule has 8 heteroatoms. The van der Waals surface area contributed by atoms with Crippen LogP contribution in [0.3, 0.4) is 0 Å². The highest BCUT2D eigenvalue weighted by molar-refractivity contribution is 6.13. The van der Waals surface area contributed by atoms with Gasteiger partial charge in [-0.15, -0.1) is 12.4 Å². The van der Waals surface area contributed by atoms with E-state index in [0.29, 0.717) is 46.9 Å². The lowest BCUT2D eigenvalue weighted by atomic mass is 10.1. The molecule has 4 aromatic rings. The van der Waals surface area contributed by atoms with Crippen LogP contribution in [0.5, 0.6) is 0 Å². The summed E-state index contributed by atoms with van der Waals surface area (Å²) in [5.41, 5.74) is 2.77. The van der Waals surface area contributed by atoms with Gasteiger partial charge in [0.05, 0.1) is 22.9 Å². The Morgan fingerprint density at radius 3 is 2.43 bits per heavy atom. The largest absolute Gasteiger partial charge is 0.463 e. The quantitative estimate of drug-likeness (QED) is 0.302. The molecule has 0 aliphatic carbocycles. The minimum absolute atomic E-state index is 0. The van der Waals surface area contributed by atoms with Crippen LogP contribution in [0.15, 0.2) is 77.4 Å². The van der Waals surface area contributed by atoms with E-state index < -0.39 is 0 Å². The van der Waals surface area contributed by atoms with Gasteiger partial charge in [0.25, 0.3) is 5.91 Å². The second kappa shape index (κ2) is 12.1. The molecule has 7 nitrogen and oxygen atoms in total. The van der Waals surface area contributed by atoms with Crippen molar-refractivity contribution in [1.29, 1.82) is 0 Å². The standard InChI is InChI=1S/C27H27N3O4.ClH/c1-3-30(4-2)15-17-34-27(32)19-11-13-20(14-12-19)28-26(31)22-18-24(25-10-7-16-33-25)29-23-9-6-5-8-21(22)23;/h5-14,16,18H,3-4,15,17H2,1-2H3,(H,28,31);1H. The van der Waals surface area contributed by atoms with E-state index in [9.17, 15) is 9.59 Å². The van der Waals surface area contributed by atoms with Crippen LogP contribution in [-0.4, -0.2) is 48.0 Å². The molecular weight excluding hydrogens is 466 g/mol. The summed E-state index contributed by atoms with van der Waals surface area (Å²) in [5, 5.41) is 3.65. The second-order valence-electron chi connectivity index (χ2n) is 7.74. The number of para-hydroxylation sites is 1. The van der Waals surface area contributed by atoms with E-state index in [4.69, 9.17) is 9.15 Å². The third kappa shape index (κ3) is 6.26. The predicted molar refractivity (Wildman–Crippen MR) is 139 cm³/mol. The average Bonchev–Trinajstić information content (AvgIpc) is 3.41. The van der Waals surface area contributed by atoms with Gasteiger partial charge < -0.3 is 19.4 Å². The number of hydrogen-bond acceptors (Lipinski definition) is 6. The molecule has 2 heterocycles. The van der Waals surface area contributed by atoms with Crippen molar-refractivity contribution in [2.24, 2.45) is 0 Å². The summed E-state index contributed by atoms with van der Waals surface area (Å²) >= 11 is 0. The van der Waals surface area contributed by atoms with Gasteiger partial charge in [-0.1, -0.05) is 32.0 Å². The molecular formula is C27H28ClN3O4. The van der Waals surface area contributed by atoms with Crippen LogP contribution < -0.4 is 5.32 Å². The number of pyridine rings is 1. The van der Waals surface area contributed by atoms with Gasteiger partial charge in [-0.3, -0.25) is 4.79 Å². The summed E-state index contributed by atoms with van der Waals surface area (Å²) in [7, 11) is 0. The second-order valence-corrected chi connectivity index (χ2v) is 7.74. The van der Waals surface area contributed by atoms with Gasteiger partial charge in [-0.05, 0) is 61.6 Å². The molecule has 35 heavy (non-hydrogen) atoms. The van der Waals surface area contributed by atoms with Crippen LogP contribution in [-0.2, 0) is 4.74 Å². The monoisotopic (exact) mass is 493 g/mol. The van der Waals surface area contributed by atoms with Crippen LogP contribution in [0, 0.1) is 0 Å². The minimum Gasteiger partial charge on any atom is -0.463 e. The predicted octanol–water partition coefficient (Wildman–Crippen LogP) is 5.67. The maximum atomic E-state index is 13.2. The van der Waals surface area contributed by atoms with Gasteiger partial charge in [0.2, 0.25) is 0 Å². The first-order valence-electron chi connectivity index (χ1n) is 11.3. The van der Waals surface area contributed by atoms with E-state index >= 15 is 0 Å². The molecule has 0 saturated carbocycles. The molecule has 0 aliphatic rings. The topological polar surface area (TPSA) is 84.7 Å². The van der Waals surface area contributed by atoms with Gasteiger partial charge >= 0.3 is 5.97 Å². The Balaban J connectivity index is 0.00000342. The fraction of sp³-hybridized carbons (Fsp3) is 0.222. The molecule has 0 radical (unpaired) electrons. The number of esters is 1. The van der Waals surface area contributed by atoms with Crippen molar-refractivity contribution in [2.75, 3.05) is 31.6 Å². The number of ether oxygens (including phenoxy) is 1. The summed E-state index contributed by atoms with van der Waals surface area (Å²) in [6.45, 7) is 7.02. The SMILES string of the molecule is CCN(CC)CCOC(=O)c1ccc(NC(=O)c2cc(-c3ccco3)nc3ccccc23)cc1.Cl. The van der Waals surface area contributed by atoms with Gasteiger partial charge in [0, 0.05) is 17.6 Å². The van der Waals surface area contributed by atoms with E-state index in [-0.39, 0.29) is 24.3 Å². The first-order valence-corrected chi connectivity index (χ1v) is 11.3. The summed E-state index contributed by atoms with van der Waals surface area (Å²) < 4.78 is 10.8. The summed E-state index contributed by atoms with van der Waals surface area (Å²) in [6, 6.07) is 19.4. The fourth-order valence-corrected chi connectivity index (χ4v) is 3.69. The van der Waals surface area contributed by atoms with E-state index in [1.807, 2.05) is 24.3 Å². The van der Waals surface area contributed by atoms with Crippen molar-refractivity contribution in [1.82, 2.24) is 9.88 Å². The molecule has 4 rings (SSSR count). The van der Waals surface area contributed by atoms with Crippen molar-refractivity contribution in [2.45, 2.75) is 13.8 Å². The molecule has 2 aromatic carbocycles. The molecule has 0 atom stereocenters. The summed E-state index contributed by atoms with van der Waals surface area (Å²) in [6.07, 6.45) is 1.57. The number of carbonyl (C=O) groups excluding carboxylic acids is 2. The number of aromatic nitrogens is 1. The number of carbonyl (C=O) groups is 2. The molecule has 1 N–H and O–H groups in total. The lowest BCUT2D eigenvalue weighted by Crippen LogP contribution is -2.27. The highest BCUT2D eigenvalue weighted by Crippen LogP contribution is 2.26. The van der Waals surface area contributed by atoms with E-state index in [1.54, 1.807) is 48.7 Å². The van der Waals surface area contributed by atoms with Gasteiger partial charge in [-0.2, -0.15) is 0 Å². The van der Waals surface area contributed by atoms with Gasteiger partial charge in [0.1, 0.15) is 12.3 Å². The number of nitrogens with zero attached hydrogens (tertiary/aromatic N) is 2. The molecule has 0 spiro atoms. The lowest BCUT2D eigenvalue weighted by Gasteiger charge is -2.17. The van der Waals surface area contributed by atoms with Crippen molar-refractivity contribution in [3.05, 3.63) is 84.1 Å². The number of rotatable bonds is 9. The van der Waals surface area contributed by atoms with Crippen LogP contribution in [0.25, 0.3) is 22.4 Å². The molecule has 0 aliphatic heterocycles. The van der Waals surface area contributed by atoms with Crippen molar-refractivity contribution in [3.8, 4) is 11.5 Å². The van der Waals surface area contributed by atoms with Crippen LogP contribution in [0.1, 0.15) is 34.6 Å². The van der Waals surface area contributed by atoms with Crippen LogP contribution in [0.4, 0.5) is 5.69 Å². The highest BCUT2D eigenvalue weighted by atomic mass is 35.5. The Morgan fingerprint density at radius 1 is 1.00 bits per heavy atom. The number of hydrogen-bond donors (Lipinski definition) is 1. The number of amides is 1. The minimum atomic E-state index is -0.381. The van der Waals surface area contributed by atoms with E-state index in [2.05, 4.69) is 29.0 Å². The molecule has 2 aromatic heterocycles. The number of anilines is 1. The summed E-state index contributed by atoms with van der Waals surface area (Å²) in [4.78, 5) is 32.3. The Labute approximate surface area is 210 Å². The molecule has 0 fully saturated rings. The van der Waals surface area contributed by atoms with Crippen LogP contribution in [0.2, 0.25) is 0 Å². The maximum absolute atomic E-state index is 13.2. The average molecular weight is 494 g/mol. The van der Waals surface area contributed by atoms with Crippen molar-refractivity contribution in [3.63, 3.8) is 0 Å². The number of nitrogens with one attached hydrogen (secondary N) is 1. The maximum Gasteiger partial charge on any atom is 0.338 e. The fourth-order valence-electron chi connectivity index (χ4n) is 3.69. The Hall–Kier alpha value is -3.68. The van der Waals surface area contributed by atoms with Crippen molar-refractivity contribution >= 4 is 40.9 Å². The number of likely N-dealkylation sites (N-methyl/N-ethyl adjacent to an activating group) is 1. The normalized spacial score (nSPS) is 10.7. The number of halogens is 1. The van der Waals surface area contributed by atoms with Gasteiger partial charge in [-0.25, -0.2) is 9.78 Å². The first kappa shape index (κ1) is 25.9. The molecule has 0 unspecified atom stereocenters. The Morgan fingerprint density at radius 2 is 1.74 bits per heavy atom. The van der Waals surface area contributed by atoms with Crippen molar-refractivity contribution < 1.29 is 18.7 Å². The number of benzene rings is 2. The smallest absolute Gasteiger partial charge is 0.338 e. The number of furan rings is 1. The zero-order valence-electron chi connectivity index (χ0n) is 19.7. The van der Waals surface area contributed by atoms with Gasteiger partial charge in [0.15, 0.2) is 5.76 Å². The third-order valence-corrected chi connectivity index (χ3v) is 5.65. The highest BCUT2D eigenvalue weighted by Gasteiger charge is 2.16. The zero-order chi connectivity index (χ0) is 23.9. The molecule has 0 bridgehead atoms. The molecule has 0 saturated heterocycles. The molecule has 1 amide bonds. The zero-order valence-corrected chi connectivity index (χ0v) is 20.5. The Kier molecular flexibility index (Phi) is 9.00. The lowest BCUT2D eigenvalue weighted by molar-refractivity contribution is 0.0466. The summed E-state index contributed by atoms with van der Waals surface area (Å²) in [5.74, 6) is -0.0714. The Bertz CT molecular complexity index is 1270. The van der Waals surface area contributed by atoms with E-state index in [1.165, 1.54) is 0 Å². The third-order valence-electron chi connectivity index (χ3n) is 5.65. The van der Waals surface area contributed by atoms with E-state index in [0.717, 1.165) is 18.5 Å². The number of fused-ring (bicyclic) bond motifs is 1.